The Morgan fingerprint density at radius 1 is 1.39 bits per heavy atom. The summed E-state index contributed by atoms with van der Waals surface area (Å²) in [7, 11) is 0. The van der Waals surface area contributed by atoms with E-state index in [9.17, 15) is 4.79 Å². The predicted molar refractivity (Wildman–Crippen MR) is 61.0 cm³/mol. The molecule has 18 heavy (non-hydrogen) atoms. The second-order valence-corrected chi connectivity index (χ2v) is 5.05. The van der Waals surface area contributed by atoms with Gasteiger partial charge in [-0.2, -0.15) is 0 Å². The van der Waals surface area contributed by atoms with E-state index in [0.29, 0.717) is 6.61 Å². The van der Waals surface area contributed by atoms with Crippen molar-refractivity contribution in [3.63, 3.8) is 0 Å². The van der Waals surface area contributed by atoms with Gasteiger partial charge in [-0.05, 0) is 20.3 Å². The molecule has 2 aliphatic heterocycles. The number of carboxylic acid groups (broad SMARTS) is 1. The van der Waals surface area contributed by atoms with Crippen molar-refractivity contribution < 1.29 is 28.8 Å². The van der Waals surface area contributed by atoms with Crippen molar-refractivity contribution in [1.82, 2.24) is 0 Å². The second-order valence-electron chi connectivity index (χ2n) is 5.05. The summed E-state index contributed by atoms with van der Waals surface area (Å²) >= 11 is 0. The summed E-state index contributed by atoms with van der Waals surface area (Å²) in [6, 6.07) is 0. The van der Waals surface area contributed by atoms with Crippen molar-refractivity contribution >= 4 is 5.97 Å². The lowest BCUT2D eigenvalue weighted by Gasteiger charge is -2.24. The van der Waals surface area contributed by atoms with Crippen molar-refractivity contribution in [2.45, 2.75) is 64.0 Å². The molecule has 104 valence electrons. The fourth-order valence-electron chi connectivity index (χ4n) is 2.22. The van der Waals surface area contributed by atoms with E-state index in [0.717, 1.165) is 12.8 Å². The van der Waals surface area contributed by atoms with E-state index in [1.807, 2.05) is 6.92 Å². The molecule has 2 fully saturated rings. The molecular formula is C12H20O6. The first-order valence-electron chi connectivity index (χ1n) is 6.30. The zero-order valence-corrected chi connectivity index (χ0v) is 10.9. The van der Waals surface area contributed by atoms with Gasteiger partial charge in [0.1, 0.15) is 12.2 Å². The third-order valence-electron chi connectivity index (χ3n) is 3.04. The fraction of sp³-hybridized carbons (Fsp3) is 0.917. The molecule has 2 heterocycles. The Morgan fingerprint density at radius 2 is 2.11 bits per heavy atom. The first-order chi connectivity index (χ1) is 8.44. The monoisotopic (exact) mass is 260 g/mol. The maximum absolute atomic E-state index is 11.1. The van der Waals surface area contributed by atoms with Gasteiger partial charge in [0.05, 0.1) is 0 Å². The third kappa shape index (κ3) is 2.66. The van der Waals surface area contributed by atoms with Gasteiger partial charge < -0.3 is 24.1 Å². The molecule has 0 spiro atoms. The molecule has 0 amide bonds. The first-order valence-corrected chi connectivity index (χ1v) is 6.30. The highest BCUT2D eigenvalue weighted by Crippen LogP contribution is 2.38. The number of aliphatic carboxylic acids is 1. The molecule has 4 atom stereocenters. The zero-order valence-electron chi connectivity index (χ0n) is 10.9. The number of rotatable bonds is 5. The molecule has 0 radical (unpaired) electrons. The van der Waals surface area contributed by atoms with Gasteiger partial charge in [-0.3, -0.25) is 0 Å². The number of carboxylic acids is 1. The molecule has 0 unspecified atom stereocenters. The van der Waals surface area contributed by atoms with Crippen LogP contribution in [0, 0.1) is 0 Å². The Morgan fingerprint density at radius 3 is 2.72 bits per heavy atom. The van der Waals surface area contributed by atoms with Gasteiger partial charge in [0.15, 0.2) is 18.2 Å². The molecule has 2 aliphatic rings. The minimum atomic E-state index is -1.05. The van der Waals surface area contributed by atoms with Crippen LogP contribution in [-0.4, -0.2) is 48.1 Å². The normalized spacial score (nSPS) is 37.7. The molecule has 2 rings (SSSR count). The third-order valence-corrected chi connectivity index (χ3v) is 3.04. The highest BCUT2D eigenvalue weighted by molar-refractivity contribution is 5.73. The van der Waals surface area contributed by atoms with E-state index in [2.05, 4.69) is 0 Å². The van der Waals surface area contributed by atoms with Crippen molar-refractivity contribution in [1.29, 1.82) is 0 Å². The maximum Gasteiger partial charge on any atom is 0.335 e. The summed E-state index contributed by atoms with van der Waals surface area (Å²) in [5.41, 5.74) is 0. The zero-order chi connectivity index (χ0) is 13.3. The lowest BCUT2D eigenvalue weighted by Crippen LogP contribution is -2.40. The van der Waals surface area contributed by atoms with Gasteiger partial charge in [0.25, 0.3) is 0 Å². The van der Waals surface area contributed by atoms with Crippen molar-refractivity contribution in [3.05, 3.63) is 0 Å². The average Bonchev–Trinajstić information content (AvgIpc) is 2.72. The second kappa shape index (κ2) is 5.13. The van der Waals surface area contributed by atoms with Crippen LogP contribution < -0.4 is 0 Å². The van der Waals surface area contributed by atoms with E-state index in [1.165, 1.54) is 0 Å². The van der Waals surface area contributed by atoms with Gasteiger partial charge >= 0.3 is 5.97 Å². The Labute approximate surface area is 106 Å². The number of carbonyl (C=O) groups is 1. The lowest BCUT2D eigenvalue weighted by atomic mass is 10.1. The highest BCUT2D eigenvalue weighted by atomic mass is 16.8. The topological polar surface area (TPSA) is 74.2 Å². The van der Waals surface area contributed by atoms with Crippen LogP contribution in [0.5, 0.6) is 0 Å². The summed E-state index contributed by atoms with van der Waals surface area (Å²) in [4.78, 5) is 11.1. The maximum atomic E-state index is 11.1. The minimum Gasteiger partial charge on any atom is -0.479 e. The fourth-order valence-corrected chi connectivity index (χ4v) is 2.22. The smallest absolute Gasteiger partial charge is 0.335 e. The first kappa shape index (κ1) is 13.7. The Bertz CT molecular complexity index is 316. The van der Waals surface area contributed by atoms with Crippen LogP contribution in [0.25, 0.3) is 0 Å². The molecule has 6 nitrogen and oxygen atoms in total. The molecule has 0 bridgehead atoms. The van der Waals surface area contributed by atoms with Crippen LogP contribution in [0.3, 0.4) is 0 Å². The van der Waals surface area contributed by atoms with Gasteiger partial charge in [0.2, 0.25) is 0 Å². The van der Waals surface area contributed by atoms with E-state index >= 15 is 0 Å². The predicted octanol–water partition coefficient (Wildman–Crippen LogP) is 1.13. The molecule has 1 N–H and O–H groups in total. The largest absolute Gasteiger partial charge is 0.479 e. The van der Waals surface area contributed by atoms with Crippen LogP contribution in [0.4, 0.5) is 0 Å². The van der Waals surface area contributed by atoms with Gasteiger partial charge in [0, 0.05) is 6.61 Å². The quantitative estimate of drug-likeness (QED) is 0.747. The molecule has 2 saturated heterocycles. The van der Waals surface area contributed by atoms with E-state index in [4.69, 9.17) is 24.1 Å². The Kier molecular flexibility index (Phi) is 3.91. The molecule has 6 heteroatoms. The van der Waals surface area contributed by atoms with E-state index < -0.39 is 36.4 Å². The number of ether oxygens (including phenoxy) is 4. The summed E-state index contributed by atoms with van der Waals surface area (Å²) < 4.78 is 22.1. The molecular weight excluding hydrogens is 240 g/mol. The van der Waals surface area contributed by atoms with E-state index in [-0.39, 0.29) is 0 Å². The SMILES string of the molecule is CCCCO[C@H]1[C@H]2OC(C)(C)O[C@H]2O[C@@H]1C(=O)O. The number of unbranched alkanes of at least 4 members (excludes halogenated alkanes) is 1. The molecule has 0 aromatic carbocycles. The molecule has 0 saturated carbocycles. The van der Waals surface area contributed by atoms with Crippen LogP contribution in [0.2, 0.25) is 0 Å². The number of hydrogen-bond acceptors (Lipinski definition) is 5. The molecule has 0 aromatic rings. The van der Waals surface area contributed by atoms with Crippen molar-refractivity contribution in [3.8, 4) is 0 Å². The van der Waals surface area contributed by atoms with Crippen LogP contribution in [0.1, 0.15) is 33.6 Å². The Hall–Kier alpha value is -0.690. The van der Waals surface area contributed by atoms with Crippen molar-refractivity contribution in [2.24, 2.45) is 0 Å². The standard InChI is InChI=1S/C12H20O6/c1-4-5-6-15-7-8(10(13)14)16-11-9(7)17-12(2,3)18-11/h7-9,11H,4-6H2,1-3H3,(H,13,14)/t7-,8+,9-,11-/m1/s1. The van der Waals surface area contributed by atoms with Crippen LogP contribution in [0.15, 0.2) is 0 Å². The highest BCUT2D eigenvalue weighted by Gasteiger charge is 2.57. The van der Waals surface area contributed by atoms with Gasteiger partial charge in [-0.15, -0.1) is 0 Å². The van der Waals surface area contributed by atoms with Gasteiger partial charge in [-0.25, -0.2) is 4.79 Å². The summed E-state index contributed by atoms with van der Waals surface area (Å²) in [5, 5.41) is 9.11. The van der Waals surface area contributed by atoms with Crippen LogP contribution >= 0.6 is 0 Å². The van der Waals surface area contributed by atoms with Crippen LogP contribution in [-0.2, 0) is 23.7 Å². The molecule has 0 aliphatic carbocycles. The van der Waals surface area contributed by atoms with Crippen molar-refractivity contribution in [2.75, 3.05) is 6.61 Å². The van der Waals surface area contributed by atoms with E-state index in [1.54, 1.807) is 13.8 Å². The average molecular weight is 260 g/mol. The summed E-state index contributed by atoms with van der Waals surface area (Å²) in [6.45, 7) is 6.09. The Balaban J connectivity index is 2.03. The van der Waals surface area contributed by atoms with Gasteiger partial charge in [-0.1, -0.05) is 13.3 Å². The minimum absolute atomic E-state index is 0.474. The number of hydrogen-bond donors (Lipinski definition) is 1. The molecule has 0 aromatic heterocycles. The lowest BCUT2D eigenvalue weighted by molar-refractivity contribution is -0.222. The summed E-state index contributed by atoms with van der Waals surface area (Å²) in [6.07, 6.45) is -0.897. The summed E-state index contributed by atoms with van der Waals surface area (Å²) in [5.74, 6) is -1.80. The number of fused-ring (bicyclic) bond motifs is 1.